The van der Waals surface area contributed by atoms with Crippen LogP contribution in [0.1, 0.15) is 17.2 Å². The SMILES string of the molecule is O=C(/C=C\Cc1cc(F)c(F)cc1F)N1CCn2c(nnc2C(F)(F)F)C1. The third kappa shape index (κ3) is 3.96. The van der Waals surface area contributed by atoms with Gasteiger partial charge in [0.15, 0.2) is 17.5 Å². The van der Waals surface area contributed by atoms with Crippen LogP contribution in [-0.2, 0) is 30.5 Å². The van der Waals surface area contributed by atoms with E-state index < -0.39 is 35.4 Å². The number of alkyl halides is 3. The van der Waals surface area contributed by atoms with Crippen LogP contribution in [0.5, 0.6) is 0 Å². The molecule has 0 unspecified atom stereocenters. The van der Waals surface area contributed by atoms with Crippen molar-refractivity contribution in [2.45, 2.75) is 25.7 Å². The molecule has 1 aliphatic heterocycles. The van der Waals surface area contributed by atoms with E-state index in [1.54, 1.807) is 0 Å². The predicted octanol–water partition coefficient (Wildman–Crippen LogP) is 2.86. The Balaban J connectivity index is 1.65. The molecule has 0 spiro atoms. The van der Waals surface area contributed by atoms with Gasteiger partial charge in [0.1, 0.15) is 5.82 Å². The number of benzene rings is 1. The van der Waals surface area contributed by atoms with Crippen LogP contribution in [0.4, 0.5) is 26.3 Å². The zero-order chi connectivity index (χ0) is 19.8. The molecule has 0 saturated heterocycles. The van der Waals surface area contributed by atoms with Gasteiger partial charge in [-0.05, 0) is 24.1 Å². The van der Waals surface area contributed by atoms with Crippen molar-refractivity contribution in [3.05, 3.63) is 58.9 Å². The second kappa shape index (κ2) is 7.05. The molecule has 0 saturated carbocycles. The van der Waals surface area contributed by atoms with E-state index in [2.05, 4.69) is 10.2 Å². The molecule has 5 nitrogen and oxygen atoms in total. The van der Waals surface area contributed by atoms with Gasteiger partial charge in [0.05, 0.1) is 6.54 Å². The monoisotopic (exact) mass is 390 g/mol. The van der Waals surface area contributed by atoms with Crippen LogP contribution < -0.4 is 0 Å². The summed E-state index contributed by atoms with van der Waals surface area (Å²) in [6.07, 6.45) is -2.43. The van der Waals surface area contributed by atoms with Crippen LogP contribution in [0.25, 0.3) is 0 Å². The van der Waals surface area contributed by atoms with Crippen molar-refractivity contribution in [3.8, 4) is 0 Å². The van der Waals surface area contributed by atoms with Crippen molar-refractivity contribution in [3.63, 3.8) is 0 Å². The van der Waals surface area contributed by atoms with E-state index >= 15 is 0 Å². The van der Waals surface area contributed by atoms with Gasteiger partial charge in [-0.15, -0.1) is 10.2 Å². The number of fused-ring (bicyclic) bond motifs is 1. The van der Waals surface area contributed by atoms with E-state index in [1.165, 1.54) is 11.0 Å². The molecule has 0 N–H and O–H groups in total. The summed E-state index contributed by atoms with van der Waals surface area (Å²) in [5, 5.41) is 6.58. The quantitative estimate of drug-likeness (QED) is 0.460. The Morgan fingerprint density at radius 1 is 1.07 bits per heavy atom. The van der Waals surface area contributed by atoms with Crippen molar-refractivity contribution < 1.29 is 31.1 Å². The lowest BCUT2D eigenvalue weighted by atomic mass is 10.1. The maximum atomic E-state index is 13.5. The minimum absolute atomic E-state index is 0.00183. The number of hydrogen-bond donors (Lipinski definition) is 0. The molecule has 27 heavy (non-hydrogen) atoms. The Hall–Kier alpha value is -2.85. The zero-order valence-electron chi connectivity index (χ0n) is 13.6. The first-order valence-electron chi connectivity index (χ1n) is 7.75. The lowest BCUT2D eigenvalue weighted by molar-refractivity contribution is -0.148. The standard InChI is InChI=1S/C16H12F6N4O/c17-10-7-12(19)11(18)6-9(10)2-1-3-14(27)25-4-5-26-13(8-25)23-24-15(26)16(20,21)22/h1,3,6-7H,2,4-5,8H2/b3-1-. The molecule has 144 valence electrons. The lowest BCUT2D eigenvalue weighted by Gasteiger charge is -2.27. The highest BCUT2D eigenvalue weighted by molar-refractivity contribution is 5.87. The highest BCUT2D eigenvalue weighted by atomic mass is 19.4. The van der Waals surface area contributed by atoms with Crippen LogP contribution in [0.15, 0.2) is 24.3 Å². The molecular weight excluding hydrogens is 378 g/mol. The first-order chi connectivity index (χ1) is 12.7. The minimum atomic E-state index is -4.63. The van der Waals surface area contributed by atoms with Crippen molar-refractivity contribution in [2.24, 2.45) is 0 Å². The Bertz CT molecular complexity index is 905. The fraction of sp³-hybridized carbons (Fsp3) is 0.312. The molecule has 2 aromatic rings. The fourth-order valence-electron chi connectivity index (χ4n) is 2.67. The summed E-state index contributed by atoms with van der Waals surface area (Å²) in [7, 11) is 0. The van der Waals surface area contributed by atoms with Gasteiger partial charge in [-0.2, -0.15) is 13.2 Å². The molecule has 1 aliphatic rings. The third-order valence-electron chi connectivity index (χ3n) is 4.01. The van der Waals surface area contributed by atoms with E-state index in [9.17, 15) is 31.1 Å². The molecular formula is C16H12F6N4O. The molecule has 1 amide bonds. The average Bonchev–Trinajstić information content (AvgIpc) is 3.02. The molecule has 2 heterocycles. The van der Waals surface area contributed by atoms with Crippen LogP contribution >= 0.6 is 0 Å². The number of allylic oxidation sites excluding steroid dienone is 1. The summed E-state index contributed by atoms with van der Waals surface area (Å²) in [6, 6.07) is 1.11. The van der Waals surface area contributed by atoms with Crippen LogP contribution in [0.3, 0.4) is 0 Å². The molecule has 3 rings (SSSR count). The van der Waals surface area contributed by atoms with Crippen LogP contribution in [-0.4, -0.2) is 32.1 Å². The molecule has 1 aromatic heterocycles. The van der Waals surface area contributed by atoms with Gasteiger partial charge in [-0.3, -0.25) is 4.79 Å². The second-order valence-electron chi connectivity index (χ2n) is 5.81. The van der Waals surface area contributed by atoms with Crippen LogP contribution in [0, 0.1) is 17.5 Å². The number of halogens is 6. The Morgan fingerprint density at radius 2 is 1.78 bits per heavy atom. The first-order valence-corrected chi connectivity index (χ1v) is 7.75. The van der Waals surface area contributed by atoms with E-state index in [0.29, 0.717) is 12.1 Å². The van der Waals surface area contributed by atoms with Gasteiger partial charge in [-0.25, -0.2) is 13.2 Å². The summed E-state index contributed by atoms with van der Waals surface area (Å²) in [4.78, 5) is 13.4. The molecule has 1 aromatic carbocycles. The average molecular weight is 390 g/mol. The zero-order valence-corrected chi connectivity index (χ0v) is 13.6. The van der Waals surface area contributed by atoms with E-state index in [4.69, 9.17) is 0 Å². The highest BCUT2D eigenvalue weighted by Gasteiger charge is 2.39. The summed E-state index contributed by atoms with van der Waals surface area (Å²) < 4.78 is 78.8. The molecule has 11 heteroatoms. The van der Waals surface area contributed by atoms with Crippen molar-refractivity contribution in [1.29, 1.82) is 0 Å². The number of rotatable bonds is 3. The summed E-state index contributed by atoms with van der Waals surface area (Å²) in [5.74, 6) is -5.11. The third-order valence-corrected chi connectivity index (χ3v) is 4.01. The summed E-state index contributed by atoms with van der Waals surface area (Å²) in [5.41, 5.74) is -0.133. The lowest BCUT2D eigenvalue weighted by Crippen LogP contribution is -2.38. The molecule has 0 fully saturated rings. The maximum absolute atomic E-state index is 13.5. The first kappa shape index (κ1) is 18.9. The number of carbonyl (C=O) groups excluding carboxylic acids is 1. The Morgan fingerprint density at radius 3 is 2.48 bits per heavy atom. The van der Waals surface area contributed by atoms with Crippen molar-refractivity contribution in [1.82, 2.24) is 19.7 Å². The maximum Gasteiger partial charge on any atom is 0.451 e. The van der Waals surface area contributed by atoms with Gasteiger partial charge in [0, 0.05) is 19.2 Å². The highest BCUT2D eigenvalue weighted by Crippen LogP contribution is 2.29. The largest absolute Gasteiger partial charge is 0.451 e. The number of nitrogens with zero attached hydrogens (tertiary/aromatic N) is 4. The van der Waals surface area contributed by atoms with Gasteiger partial charge in [-0.1, -0.05) is 6.08 Å². The molecule has 0 atom stereocenters. The van der Waals surface area contributed by atoms with E-state index in [0.717, 1.165) is 10.6 Å². The number of carbonyl (C=O) groups is 1. The number of amides is 1. The van der Waals surface area contributed by atoms with Gasteiger partial charge in [0.25, 0.3) is 0 Å². The summed E-state index contributed by atoms with van der Waals surface area (Å²) in [6.45, 7) is -0.267. The minimum Gasteiger partial charge on any atom is -0.330 e. The van der Waals surface area contributed by atoms with Crippen molar-refractivity contribution in [2.75, 3.05) is 6.54 Å². The van der Waals surface area contributed by atoms with E-state index in [1.807, 2.05) is 0 Å². The number of hydrogen-bond acceptors (Lipinski definition) is 3. The second-order valence-corrected chi connectivity index (χ2v) is 5.81. The summed E-state index contributed by atoms with van der Waals surface area (Å²) >= 11 is 0. The Labute approximate surface area is 148 Å². The van der Waals surface area contributed by atoms with Crippen LogP contribution in [0.2, 0.25) is 0 Å². The predicted molar refractivity (Wildman–Crippen MR) is 79.6 cm³/mol. The fourth-order valence-corrected chi connectivity index (χ4v) is 2.67. The molecule has 0 radical (unpaired) electrons. The normalized spacial score (nSPS) is 14.7. The Kier molecular flexibility index (Phi) is 4.94. The smallest absolute Gasteiger partial charge is 0.330 e. The van der Waals surface area contributed by atoms with Gasteiger partial charge < -0.3 is 9.47 Å². The van der Waals surface area contributed by atoms with E-state index in [-0.39, 0.29) is 37.4 Å². The molecule has 0 bridgehead atoms. The number of aromatic nitrogens is 3. The van der Waals surface area contributed by atoms with Gasteiger partial charge in [0.2, 0.25) is 11.7 Å². The topological polar surface area (TPSA) is 51.0 Å². The van der Waals surface area contributed by atoms with Crippen molar-refractivity contribution >= 4 is 5.91 Å². The van der Waals surface area contributed by atoms with Gasteiger partial charge >= 0.3 is 6.18 Å². The molecule has 0 aliphatic carbocycles.